The largest absolute Gasteiger partial charge is 0.395 e. The molecule has 0 saturated heterocycles. The van der Waals surface area contributed by atoms with Gasteiger partial charge in [0, 0.05) is 24.7 Å². The Bertz CT molecular complexity index is 147. The first-order chi connectivity index (χ1) is 7.04. The molecular formula is C12H28N2O. The van der Waals surface area contributed by atoms with Gasteiger partial charge in [-0.15, -0.1) is 0 Å². The summed E-state index contributed by atoms with van der Waals surface area (Å²) in [7, 11) is 2.14. The first-order valence-electron chi connectivity index (χ1n) is 6.12. The lowest BCUT2D eigenvalue weighted by atomic mass is 10.1. The highest BCUT2D eigenvalue weighted by Crippen LogP contribution is 2.06. The van der Waals surface area contributed by atoms with E-state index in [4.69, 9.17) is 0 Å². The third-order valence-electron chi connectivity index (χ3n) is 2.86. The van der Waals surface area contributed by atoms with Crippen LogP contribution in [0.3, 0.4) is 0 Å². The number of aliphatic hydroxyl groups excluding tert-OH is 1. The topological polar surface area (TPSA) is 35.5 Å². The third kappa shape index (κ3) is 6.13. The molecule has 0 aliphatic heterocycles. The molecule has 92 valence electrons. The van der Waals surface area contributed by atoms with Gasteiger partial charge in [-0.25, -0.2) is 0 Å². The molecule has 3 nitrogen and oxygen atoms in total. The standard InChI is InChI=1S/C12H28N2O/c1-6-12(7-2)14(5)8-11(9-15)13-10(3)4/h10-13,15H,6-9H2,1-5H3. The average Bonchev–Trinajstić information content (AvgIpc) is 2.17. The zero-order chi connectivity index (χ0) is 11.8. The molecule has 0 rings (SSSR count). The zero-order valence-corrected chi connectivity index (χ0v) is 11.0. The van der Waals surface area contributed by atoms with Crippen LogP contribution in [0.25, 0.3) is 0 Å². The van der Waals surface area contributed by atoms with E-state index in [2.05, 4.69) is 45.0 Å². The molecule has 0 amide bonds. The van der Waals surface area contributed by atoms with Gasteiger partial charge < -0.3 is 15.3 Å². The van der Waals surface area contributed by atoms with Crippen molar-refractivity contribution in [3.05, 3.63) is 0 Å². The van der Waals surface area contributed by atoms with Crippen LogP contribution in [0.2, 0.25) is 0 Å². The van der Waals surface area contributed by atoms with E-state index in [0.29, 0.717) is 12.1 Å². The molecule has 0 aromatic heterocycles. The van der Waals surface area contributed by atoms with Crippen molar-refractivity contribution in [1.82, 2.24) is 10.2 Å². The molecule has 15 heavy (non-hydrogen) atoms. The maximum atomic E-state index is 9.26. The van der Waals surface area contributed by atoms with Crippen molar-refractivity contribution in [2.75, 3.05) is 20.2 Å². The van der Waals surface area contributed by atoms with Crippen molar-refractivity contribution in [2.24, 2.45) is 0 Å². The quantitative estimate of drug-likeness (QED) is 0.645. The predicted molar refractivity (Wildman–Crippen MR) is 66.1 cm³/mol. The van der Waals surface area contributed by atoms with Gasteiger partial charge in [-0.2, -0.15) is 0 Å². The molecule has 0 heterocycles. The number of hydrogen-bond donors (Lipinski definition) is 2. The molecule has 2 N–H and O–H groups in total. The smallest absolute Gasteiger partial charge is 0.0597 e. The SMILES string of the molecule is CCC(CC)N(C)CC(CO)NC(C)C. The van der Waals surface area contributed by atoms with Crippen LogP contribution >= 0.6 is 0 Å². The van der Waals surface area contributed by atoms with E-state index in [0.717, 1.165) is 6.54 Å². The summed E-state index contributed by atoms with van der Waals surface area (Å²) in [4.78, 5) is 2.34. The summed E-state index contributed by atoms with van der Waals surface area (Å²) >= 11 is 0. The first-order valence-corrected chi connectivity index (χ1v) is 6.12. The van der Waals surface area contributed by atoms with E-state index in [1.165, 1.54) is 12.8 Å². The predicted octanol–water partition coefficient (Wildman–Crippen LogP) is 1.47. The van der Waals surface area contributed by atoms with Crippen LogP contribution in [-0.4, -0.2) is 48.3 Å². The summed E-state index contributed by atoms with van der Waals surface area (Å²) in [5.74, 6) is 0. The summed E-state index contributed by atoms with van der Waals surface area (Å²) in [6.07, 6.45) is 2.35. The summed E-state index contributed by atoms with van der Waals surface area (Å²) in [6.45, 7) is 9.78. The number of hydrogen-bond acceptors (Lipinski definition) is 3. The van der Waals surface area contributed by atoms with Crippen LogP contribution in [0.4, 0.5) is 0 Å². The summed E-state index contributed by atoms with van der Waals surface area (Å²) in [5.41, 5.74) is 0. The second-order valence-electron chi connectivity index (χ2n) is 4.61. The normalized spacial score (nSPS) is 14.2. The number of aliphatic hydroxyl groups is 1. The van der Waals surface area contributed by atoms with E-state index in [1.54, 1.807) is 0 Å². The van der Waals surface area contributed by atoms with Crippen molar-refractivity contribution < 1.29 is 5.11 Å². The fourth-order valence-electron chi connectivity index (χ4n) is 2.04. The van der Waals surface area contributed by atoms with Gasteiger partial charge in [0.1, 0.15) is 0 Å². The van der Waals surface area contributed by atoms with Crippen LogP contribution in [0.1, 0.15) is 40.5 Å². The van der Waals surface area contributed by atoms with Crippen LogP contribution in [0, 0.1) is 0 Å². The lowest BCUT2D eigenvalue weighted by Crippen LogP contribution is -2.47. The van der Waals surface area contributed by atoms with E-state index in [9.17, 15) is 5.11 Å². The van der Waals surface area contributed by atoms with Crippen LogP contribution < -0.4 is 5.32 Å². The van der Waals surface area contributed by atoms with Crippen molar-refractivity contribution in [3.63, 3.8) is 0 Å². The number of likely N-dealkylation sites (N-methyl/N-ethyl adjacent to an activating group) is 1. The average molecular weight is 216 g/mol. The molecule has 3 heteroatoms. The second kappa shape index (κ2) is 8.08. The van der Waals surface area contributed by atoms with Crippen molar-refractivity contribution in [1.29, 1.82) is 0 Å². The van der Waals surface area contributed by atoms with Gasteiger partial charge >= 0.3 is 0 Å². The minimum absolute atomic E-state index is 0.190. The summed E-state index contributed by atoms with van der Waals surface area (Å²) in [6, 6.07) is 1.25. The van der Waals surface area contributed by atoms with Gasteiger partial charge in [0.15, 0.2) is 0 Å². The van der Waals surface area contributed by atoms with Gasteiger partial charge in [-0.1, -0.05) is 27.7 Å². The Hall–Kier alpha value is -0.120. The Morgan fingerprint density at radius 1 is 1.20 bits per heavy atom. The van der Waals surface area contributed by atoms with Gasteiger partial charge in [0.05, 0.1) is 6.61 Å². The molecule has 0 aliphatic rings. The Balaban J connectivity index is 4.04. The molecule has 0 aromatic carbocycles. The molecule has 1 unspecified atom stereocenters. The Morgan fingerprint density at radius 3 is 2.07 bits per heavy atom. The summed E-state index contributed by atoms with van der Waals surface area (Å²) < 4.78 is 0. The highest BCUT2D eigenvalue weighted by atomic mass is 16.3. The van der Waals surface area contributed by atoms with Crippen molar-refractivity contribution >= 4 is 0 Å². The molecule has 0 saturated carbocycles. The highest BCUT2D eigenvalue weighted by Gasteiger charge is 2.16. The molecule has 0 radical (unpaired) electrons. The van der Waals surface area contributed by atoms with Crippen molar-refractivity contribution in [3.8, 4) is 0 Å². The van der Waals surface area contributed by atoms with Crippen LogP contribution in [0.15, 0.2) is 0 Å². The lowest BCUT2D eigenvalue weighted by Gasteiger charge is -2.30. The minimum Gasteiger partial charge on any atom is -0.395 e. The molecule has 0 bridgehead atoms. The summed E-state index contributed by atoms with van der Waals surface area (Å²) in [5, 5.41) is 12.6. The van der Waals surface area contributed by atoms with Gasteiger partial charge in [0.25, 0.3) is 0 Å². The monoisotopic (exact) mass is 216 g/mol. The molecule has 1 atom stereocenters. The second-order valence-corrected chi connectivity index (χ2v) is 4.61. The molecule has 0 aromatic rings. The number of rotatable bonds is 8. The zero-order valence-electron chi connectivity index (χ0n) is 11.0. The van der Waals surface area contributed by atoms with Gasteiger partial charge in [-0.3, -0.25) is 0 Å². The van der Waals surface area contributed by atoms with E-state index < -0.39 is 0 Å². The van der Waals surface area contributed by atoms with Crippen LogP contribution in [0.5, 0.6) is 0 Å². The van der Waals surface area contributed by atoms with Gasteiger partial charge in [0.2, 0.25) is 0 Å². The Kier molecular flexibility index (Phi) is 8.02. The Labute approximate surface area is 94.9 Å². The van der Waals surface area contributed by atoms with Crippen LogP contribution in [-0.2, 0) is 0 Å². The number of nitrogens with one attached hydrogen (secondary N) is 1. The van der Waals surface area contributed by atoms with E-state index in [1.807, 2.05) is 0 Å². The Morgan fingerprint density at radius 2 is 1.73 bits per heavy atom. The molecular weight excluding hydrogens is 188 g/mol. The molecule has 0 aliphatic carbocycles. The first kappa shape index (κ1) is 14.9. The minimum atomic E-state index is 0.190. The maximum Gasteiger partial charge on any atom is 0.0597 e. The highest BCUT2D eigenvalue weighted by molar-refractivity contribution is 4.75. The fraction of sp³-hybridized carbons (Fsp3) is 1.00. The lowest BCUT2D eigenvalue weighted by molar-refractivity contribution is 0.159. The van der Waals surface area contributed by atoms with Crippen molar-refractivity contribution in [2.45, 2.75) is 58.7 Å². The van der Waals surface area contributed by atoms with Gasteiger partial charge in [-0.05, 0) is 19.9 Å². The van der Waals surface area contributed by atoms with E-state index >= 15 is 0 Å². The fourth-order valence-corrected chi connectivity index (χ4v) is 2.04. The maximum absolute atomic E-state index is 9.26. The number of nitrogens with zero attached hydrogens (tertiary/aromatic N) is 1. The molecule has 0 fully saturated rings. The van der Waals surface area contributed by atoms with E-state index in [-0.39, 0.29) is 12.6 Å². The third-order valence-corrected chi connectivity index (χ3v) is 2.86. The molecule has 0 spiro atoms.